The van der Waals surface area contributed by atoms with Crippen molar-refractivity contribution in [2.75, 3.05) is 5.73 Å². The first kappa shape index (κ1) is 12.8. The number of carbonyl (C=O) groups is 1. The number of nitrogens with zero attached hydrogens (tertiary/aromatic N) is 4. The smallest absolute Gasteiger partial charge is 0.269 e. The van der Waals surface area contributed by atoms with E-state index >= 15 is 0 Å². The van der Waals surface area contributed by atoms with E-state index in [0.29, 0.717) is 11.5 Å². The number of para-hydroxylation sites is 1. The monoisotopic (exact) mass is 280 g/mol. The van der Waals surface area contributed by atoms with Crippen LogP contribution >= 0.6 is 0 Å². The van der Waals surface area contributed by atoms with Crippen LogP contribution in [0, 0.1) is 0 Å². The van der Waals surface area contributed by atoms with Crippen LogP contribution in [0.25, 0.3) is 16.9 Å². The molecule has 0 saturated carbocycles. The lowest BCUT2D eigenvalue weighted by molar-refractivity contribution is 0.0994. The average Bonchev–Trinajstić information content (AvgIpc) is 2.97. The summed E-state index contributed by atoms with van der Waals surface area (Å²) in [6, 6.07) is 10.6. The predicted molar refractivity (Wildman–Crippen MR) is 77.5 cm³/mol. The molecule has 0 saturated heterocycles. The number of nitrogen functional groups attached to an aromatic ring is 1. The summed E-state index contributed by atoms with van der Waals surface area (Å²) in [5, 5.41) is 11.9. The molecule has 7 heteroatoms. The van der Waals surface area contributed by atoms with Crippen molar-refractivity contribution in [1.29, 1.82) is 0 Å². The summed E-state index contributed by atoms with van der Waals surface area (Å²) in [5.41, 5.74) is 13.6. The van der Waals surface area contributed by atoms with Crippen LogP contribution in [0.3, 0.4) is 0 Å². The summed E-state index contributed by atoms with van der Waals surface area (Å²) in [5.74, 6) is -0.131. The van der Waals surface area contributed by atoms with E-state index in [1.54, 1.807) is 23.1 Å². The molecule has 0 unspecified atom stereocenters. The zero-order valence-corrected chi connectivity index (χ0v) is 11.0. The van der Waals surface area contributed by atoms with Gasteiger partial charge in [0.15, 0.2) is 11.5 Å². The van der Waals surface area contributed by atoms with E-state index in [0.717, 1.165) is 11.1 Å². The summed E-state index contributed by atoms with van der Waals surface area (Å²) in [6.07, 6.45) is 3.48. The van der Waals surface area contributed by atoms with Gasteiger partial charge in [0.1, 0.15) is 0 Å². The number of benzene rings is 1. The van der Waals surface area contributed by atoms with E-state index in [9.17, 15) is 4.79 Å². The second-order valence-corrected chi connectivity index (χ2v) is 4.40. The summed E-state index contributed by atoms with van der Waals surface area (Å²) < 4.78 is 1.56. The summed E-state index contributed by atoms with van der Waals surface area (Å²) in [4.78, 5) is 11.0. The second kappa shape index (κ2) is 5.04. The summed E-state index contributed by atoms with van der Waals surface area (Å²) in [6.45, 7) is 0. The first-order valence-corrected chi connectivity index (χ1v) is 6.18. The SMILES string of the molecule is NC(=O)c1ccc(-n2cc(-c3ccccc3N)cn2)nn1. The van der Waals surface area contributed by atoms with Crippen LogP contribution in [-0.2, 0) is 0 Å². The number of primary amides is 1. The fourth-order valence-electron chi connectivity index (χ4n) is 1.93. The van der Waals surface area contributed by atoms with Crippen LogP contribution in [0.4, 0.5) is 5.69 Å². The maximum absolute atomic E-state index is 11.0. The minimum Gasteiger partial charge on any atom is -0.398 e. The van der Waals surface area contributed by atoms with Gasteiger partial charge in [0.05, 0.1) is 6.20 Å². The molecule has 3 aromatic rings. The van der Waals surface area contributed by atoms with Crippen molar-refractivity contribution in [3.63, 3.8) is 0 Å². The van der Waals surface area contributed by atoms with E-state index < -0.39 is 5.91 Å². The standard InChI is InChI=1S/C14H12N6O/c15-11-4-2-1-3-10(11)9-7-17-20(8-9)13-6-5-12(14(16)21)18-19-13/h1-8H,15H2,(H2,16,21). The largest absolute Gasteiger partial charge is 0.398 e. The molecule has 0 spiro atoms. The number of amides is 1. The first-order chi connectivity index (χ1) is 10.1. The molecule has 2 heterocycles. The van der Waals surface area contributed by atoms with Crippen LogP contribution in [-0.4, -0.2) is 25.9 Å². The summed E-state index contributed by atoms with van der Waals surface area (Å²) in [7, 11) is 0. The van der Waals surface area contributed by atoms with Gasteiger partial charge < -0.3 is 11.5 Å². The predicted octanol–water partition coefficient (Wildman–Crippen LogP) is 1.01. The van der Waals surface area contributed by atoms with E-state index in [1.165, 1.54) is 6.07 Å². The van der Waals surface area contributed by atoms with Gasteiger partial charge in [0.2, 0.25) is 0 Å². The lowest BCUT2D eigenvalue weighted by Gasteiger charge is -2.01. The highest BCUT2D eigenvalue weighted by atomic mass is 16.1. The molecule has 0 radical (unpaired) electrons. The molecule has 0 fully saturated rings. The van der Waals surface area contributed by atoms with Gasteiger partial charge in [-0.25, -0.2) is 4.68 Å². The third-order valence-electron chi connectivity index (χ3n) is 2.99. The highest BCUT2D eigenvalue weighted by molar-refractivity contribution is 5.90. The molecule has 21 heavy (non-hydrogen) atoms. The Morgan fingerprint density at radius 2 is 1.90 bits per heavy atom. The van der Waals surface area contributed by atoms with E-state index in [-0.39, 0.29) is 5.69 Å². The Bertz CT molecular complexity index is 793. The van der Waals surface area contributed by atoms with Crippen LogP contribution in [0.1, 0.15) is 10.5 Å². The lowest BCUT2D eigenvalue weighted by Crippen LogP contribution is -2.14. The molecule has 4 N–H and O–H groups in total. The zero-order valence-electron chi connectivity index (χ0n) is 11.0. The Morgan fingerprint density at radius 1 is 1.10 bits per heavy atom. The molecule has 7 nitrogen and oxygen atoms in total. The normalized spacial score (nSPS) is 10.5. The summed E-state index contributed by atoms with van der Waals surface area (Å²) >= 11 is 0. The number of hydrogen-bond donors (Lipinski definition) is 2. The molecule has 0 aliphatic carbocycles. The van der Waals surface area contributed by atoms with Crippen molar-refractivity contribution >= 4 is 11.6 Å². The van der Waals surface area contributed by atoms with Crippen LogP contribution < -0.4 is 11.5 Å². The lowest BCUT2D eigenvalue weighted by atomic mass is 10.1. The average molecular weight is 280 g/mol. The molecule has 0 aliphatic heterocycles. The van der Waals surface area contributed by atoms with Crippen molar-refractivity contribution in [3.8, 4) is 16.9 Å². The molecule has 0 bridgehead atoms. The Balaban J connectivity index is 1.95. The molecule has 0 atom stereocenters. The molecule has 1 amide bonds. The molecule has 1 aromatic carbocycles. The molecule has 2 aromatic heterocycles. The van der Waals surface area contributed by atoms with E-state index in [4.69, 9.17) is 11.5 Å². The fraction of sp³-hybridized carbons (Fsp3) is 0. The van der Waals surface area contributed by atoms with Crippen LogP contribution in [0.15, 0.2) is 48.8 Å². The van der Waals surface area contributed by atoms with Gasteiger partial charge in [0, 0.05) is 23.0 Å². The molecule has 104 valence electrons. The topological polar surface area (TPSA) is 113 Å². The molecule has 0 aliphatic rings. The van der Waals surface area contributed by atoms with Gasteiger partial charge in [-0.1, -0.05) is 18.2 Å². The number of rotatable bonds is 3. The third kappa shape index (κ3) is 2.44. The van der Waals surface area contributed by atoms with Gasteiger partial charge in [-0.2, -0.15) is 5.10 Å². The number of carbonyl (C=O) groups excluding carboxylic acids is 1. The quantitative estimate of drug-likeness (QED) is 0.695. The number of anilines is 1. The highest BCUT2D eigenvalue weighted by Gasteiger charge is 2.08. The fourth-order valence-corrected chi connectivity index (χ4v) is 1.93. The number of nitrogens with two attached hydrogens (primary N) is 2. The Hall–Kier alpha value is -3.22. The zero-order chi connectivity index (χ0) is 14.8. The van der Waals surface area contributed by atoms with Crippen LogP contribution in [0.5, 0.6) is 0 Å². The Kier molecular flexibility index (Phi) is 3.07. The van der Waals surface area contributed by atoms with E-state index in [2.05, 4.69) is 15.3 Å². The van der Waals surface area contributed by atoms with Gasteiger partial charge in [-0.3, -0.25) is 4.79 Å². The van der Waals surface area contributed by atoms with Crippen molar-refractivity contribution in [2.45, 2.75) is 0 Å². The molecule has 3 rings (SSSR count). The van der Waals surface area contributed by atoms with Gasteiger partial charge in [0.25, 0.3) is 5.91 Å². The Morgan fingerprint density at radius 3 is 2.57 bits per heavy atom. The van der Waals surface area contributed by atoms with E-state index in [1.807, 2.05) is 24.3 Å². The number of hydrogen-bond acceptors (Lipinski definition) is 5. The highest BCUT2D eigenvalue weighted by Crippen LogP contribution is 2.25. The minimum atomic E-state index is -0.618. The third-order valence-corrected chi connectivity index (χ3v) is 2.99. The maximum Gasteiger partial charge on any atom is 0.269 e. The number of aromatic nitrogens is 4. The van der Waals surface area contributed by atoms with Gasteiger partial charge in [-0.15, -0.1) is 10.2 Å². The molecular formula is C14H12N6O. The van der Waals surface area contributed by atoms with Crippen molar-refractivity contribution in [3.05, 3.63) is 54.5 Å². The van der Waals surface area contributed by atoms with Crippen molar-refractivity contribution in [1.82, 2.24) is 20.0 Å². The Labute approximate surface area is 120 Å². The first-order valence-electron chi connectivity index (χ1n) is 6.18. The van der Waals surface area contributed by atoms with Gasteiger partial charge >= 0.3 is 0 Å². The van der Waals surface area contributed by atoms with Crippen molar-refractivity contribution in [2.24, 2.45) is 5.73 Å². The molecular weight excluding hydrogens is 268 g/mol. The van der Waals surface area contributed by atoms with Gasteiger partial charge in [-0.05, 0) is 18.2 Å². The maximum atomic E-state index is 11.0. The van der Waals surface area contributed by atoms with Crippen LogP contribution in [0.2, 0.25) is 0 Å². The van der Waals surface area contributed by atoms with Crippen molar-refractivity contribution < 1.29 is 4.79 Å². The second-order valence-electron chi connectivity index (χ2n) is 4.40. The minimum absolute atomic E-state index is 0.110.